The molecule has 0 heterocycles. The van der Waals surface area contributed by atoms with Crippen LogP contribution >= 0.6 is 15.9 Å². The van der Waals surface area contributed by atoms with Crippen LogP contribution in [0.2, 0.25) is 0 Å². The smallest absolute Gasteiger partial charge is 0.252 e. The van der Waals surface area contributed by atoms with Gasteiger partial charge < -0.3 is 10.1 Å². The van der Waals surface area contributed by atoms with Crippen LogP contribution in [0.3, 0.4) is 0 Å². The van der Waals surface area contributed by atoms with Gasteiger partial charge in [0.05, 0.1) is 12.7 Å². The zero-order valence-electron chi connectivity index (χ0n) is 8.35. The van der Waals surface area contributed by atoms with Gasteiger partial charge in [-0.3, -0.25) is 4.79 Å². The molecule has 0 aliphatic rings. The van der Waals surface area contributed by atoms with Crippen molar-refractivity contribution in [1.82, 2.24) is 5.32 Å². The number of benzene rings is 1. The van der Waals surface area contributed by atoms with Crippen molar-refractivity contribution >= 4 is 21.8 Å². The third kappa shape index (κ3) is 1.90. The molecule has 0 bridgehead atoms. The van der Waals surface area contributed by atoms with Crippen LogP contribution in [0.1, 0.15) is 15.9 Å². The number of amides is 1. The SMILES string of the molecule is CNC(=O)c1c(Br)ccc(OC)c1C. The number of methoxy groups -OCH3 is 1. The highest BCUT2D eigenvalue weighted by molar-refractivity contribution is 9.10. The van der Waals surface area contributed by atoms with E-state index in [1.807, 2.05) is 13.0 Å². The van der Waals surface area contributed by atoms with Gasteiger partial charge in [-0.05, 0) is 35.0 Å². The van der Waals surface area contributed by atoms with Gasteiger partial charge in [0.1, 0.15) is 5.75 Å². The fourth-order valence-electron chi connectivity index (χ4n) is 1.28. The van der Waals surface area contributed by atoms with Crippen molar-refractivity contribution in [2.75, 3.05) is 14.2 Å². The summed E-state index contributed by atoms with van der Waals surface area (Å²) in [6.45, 7) is 1.86. The zero-order chi connectivity index (χ0) is 10.7. The fourth-order valence-corrected chi connectivity index (χ4v) is 1.89. The van der Waals surface area contributed by atoms with Crippen LogP contribution in [0.4, 0.5) is 0 Å². The molecular formula is C10H12BrNO2. The van der Waals surface area contributed by atoms with E-state index in [1.165, 1.54) is 0 Å². The molecule has 0 saturated carbocycles. The summed E-state index contributed by atoms with van der Waals surface area (Å²) >= 11 is 3.34. The molecular weight excluding hydrogens is 246 g/mol. The van der Waals surface area contributed by atoms with Crippen molar-refractivity contribution in [3.05, 3.63) is 27.7 Å². The molecule has 1 aromatic carbocycles. The van der Waals surface area contributed by atoms with E-state index in [0.29, 0.717) is 11.3 Å². The minimum Gasteiger partial charge on any atom is -0.496 e. The summed E-state index contributed by atoms with van der Waals surface area (Å²) in [5, 5.41) is 2.59. The molecule has 0 saturated heterocycles. The average molecular weight is 258 g/mol. The second-order valence-corrected chi connectivity index (χ2v) is 3.68. The number of hydrogen-bond donors (Lipinski definition) is 1. The highest BCUT2D eigenvalue weighted by Crippen LogP contribution is 2.27. The predicted octanol–water partition coefficient (Wildman–Crippen LogP) is 2.13. The third-order valence-corrected chi connectivity index (χ3v) is 2.70. The molecule has 0 spiro atoms. The predicted molar refractivity (Wildman–Crippen MR) is 58.8 cm³/mol. The molecule has 0 radical (unpaired) electrons. The summed E-state index contributed by atoms with van der Waals surface area (Å²) < 4.78 is 5.91. The van der Waals surface area contributed by atoms with E-state index < -0.39 is 0 Å². The summed E-state index contributed by atoms with van der Waals surface area (Å²) in [6.07, 6.45) is 0. The van der Waals surface area contributed by atoms with Crippen LogP contribution in [0.25, 0.3) is 0 Å². The molecule has 76 valence electrons. The number of ether oxygens (including phenoxy) is 1. The number of rotatable bonds is 2. The first-order valence-corrected chi connectivity index (χ1v) is 4.96. The van der Waals surface area contributed by atoms with Crippen molar-refractivity contribution < 1.29 is 9.53 Å². The molecule has 1 amide bonds. The Balaban J connectivity index is 3.32. The average Bonchev–Trinajstić information content (AvgIpc) is 2.18. The molecule has 0 unspecified atom stereocenters. The van der Waals surface area contributed by atoms with Gasteiger partial charge in [-0.25, -0.2) is 0 Å². The van der Waals surface area contributed by atoms with Gasteiger partial charge in [0.2, 0.25) is 0 Å². The van der Waals surface area contributed by atoms with Crippen LogP contribution in [0.15, 0.2) is 16.6 Å². The lowest BCUT2D eigenvalue weighted by Gasteiger charge is -2.10. The number of hydrogen-bond acceptors (Lipinski definition) is 2. The van der Waals surface area contributed by atoms with Gasteiger partial charge in [0, 0.05) is 17.1 Å². The Bertz CT molecular complexity index is 363. The van der Waals surface area contributed by atoms with Gasteiger partial charge in [0.25, 0.3) is 5.91 Å². The quantitative estimate of drug-likeness (QED) is 0.882. The monoisotopic (exact) mass is 257 g/mol. The van der Waals surface area contributed by atoms with Gasteiger partial charge in [-0.2, -0.15) is 0 Å². The summed E-state index contributed by atoms with van der Waals surface area (Å²) in [7, 11) is 3.19. The van der Waals surface area contributed by atoms with E-state index in [9.17, 15) is 4.79 Å². The first-order chi connectivity index (χ1) is 6.61. The first-order valence-electron chi connectivity index (χ1n) is 4.17. The molecule has 0 atom stereocenters. The van der Waals surface area contributed by atoms with Crippen molar-refractivity contribution in [3.63, 3.8) is 0 Å². The fraction of sp³-hybridized carbons (Fsp3) is 0.300. The summed E-state index contributed by atoms with van der Waals surface area (Å²) in [6, 6.07) is 3.63. The van der Waals surface area contributed by atoms with Gasteiger partial charge in [-0.15, -0.1) is 0 Å². The van der Waals surface area contributed by atoms with Crippen molar-refractivity contribution in [3.8, 4) is 5.75 Å². The van der Waals surface area contributed by atoms with Crippen LogP contribution in [-0.4, -0.2) is 20.1 Å². The third-order valence-electron chi connectivity index (χ3n) is 2.04. The second-order valence-electron chi connectivity index (χ2n) is 2.83. The maximum Gasteiger partial charge on any atom is 0.252 e. The van der Waals surface area contributed by atoms with Crippen molar-refractivity contribution in [2.45, 2.75) is 6.92 Å². The maximum absolute atomic E-state index is 11.5. The number of halogens is 1. The molecule has 4 heteroatoms. The molecule has 0 fully saturated rings. The summed E-state index contributed by atoms with van der Waals surface area (Å²) in [5.74, 6) is 0.597. The molecule has 1 N–H and O–H groups in total. The Morgan fingerprint density at radius 2 is 2.14 bits per heavy atom. The second kappa shape index (κ2) is 4.46. The molecule has 3 nitrogen and oxygen atoms in total. The summed E-state index contributed by atoms with van der Waals surface area (Å²) in [5.41, 5.74) is 1.45. The Labute approximate surface area is 91.6 Å². The zero-order valence-corrected chi connectivity index (χ0v) is 9.94. The number of nitrogens with one attached hydrogen (secondary N) is 1. The lowest BCUT2D eigenvalue weighted by Crippen LogP contribution is -2.19. The van der Waals surface area contributed by atoms with E-state index in [-0.39, 0.29) is 5.91 Å². The van der Waals surface area contributed by atoms with Crippen molar-refractivity contribution in [2.24, 2.45) is 0 Å². The molecule has 0 aliphatic carbocycles. The minimum absolute atomic E-state index is 0.117. The first kappa shape index (κ1) is 11.0. The Morgan fingerprint density at radius 3 is 2.64 bits per heavy atom. The number of carbonyl (C=O) groups excluding carboxylic acids is 1. The van der Waals surface area contributed by atoms with Crippen LogP contribution in [0, 0.1) is 6.92 Å². The van der Waals surface area contributed by atoms with E-state index in [2.05, 4.69) is 21.2 Å². The van der Waals surface area contributed by atoms with E-state index >= 15 is 0 Å². The maximum atomic E-state index is 11.5. The van der Waals surface area contributed by atoms with Crippen LogP contribution in [0.5, 0.6) is 5.75 Å². The standard InChI is InChI=1S/C10H12BrNO2/c1-6-8(14-3)5-4-7(11)9(6)10(13)12-2/h4-5H,1-3H3,(H,12,13). The largest absolute Gasteiger partial charge is 0.496 e. The van der Waals surface area contributed by atoms with Gasteiger partial charge in [0.15, 0.2) is 0 Å². The Kier molecular flexibility index (Phi) is 3.52. The normalized spacial score (nSPS) is 9.71. The minimum atomic E-state index is -0.117. The lowest BCUT2D eigenvalue weighted by atomic mass is 10.1. The van der Waals surface area contributed by atoms with Gasteiger partial charge in [-0.1, -0.05) is 0 Å². The van der Waals surface area contributed by atoms with Crippen LogP contribution in [-0.2, 0) is 0 Å². The van der Waals surface area contributed by atoms with E-state index in [4.69, 9.17) is 4.74 Å². The Morgan fingerprint density at radius 1 is 1.50 bits per heavy atom. The molecule has 0 aliphatic heterocycles. The highest BCUT2D eigenvalue weighted by atomic mass is 79.9. The molecule has 0 aromatic heterocycles. The summed E-state index contributed by atoms with van der Waals surface area (Å²) in [4.78, 5) is 11.5. The molecule has 1 rings (SSSR count). The Hall–Kier alpha value is -1.03. The van der Waals surface area contributed by atoms with E-state index in [0.717, 1.165) is 10.0 Å². The van der Waals surface area contributed by atoms with Crippen molar-refractivity contribution in [1.29, 1.82) is 0 Å². The molecule has 1 aromatic rings. The lowest BCUT2D eigenvalue weighted by molar-refractivity contribution is 0.0961. The van der Waals surface area contributed by atoms with Crippen LogP contribution < -0.4 is 10.1 Å². The topological polar surface area (TPSA) is 38.3 Å². The van der Waals surface area contributed by atoms with E-state index in [1.54, 1.807) is 20.2 Å². The number of carbonyl (C=O) groups is 1. The van der Waals surface area contributed by atoms with Gasteiger partial charge >= 0.3 is 0 Å². The molecule has 14 heavy (non-hydrogen) atoms. The highest BCUT2D eigenvalue weighted by Gasteiger charge is 2.14.